The van der Waals surface area contributed by atoms with Crippen molar-refractivity contribution < 1.29 is 17.9 Å². The third-order valence-electron chi connectivity index (χ3n) is 1.51. The van der Waals surface area contributed by atoms with E-state index in [9.17, 15) is 13.2 Å². The molecule has 0 heterocycles. The van der Waals surface area contributed by atoms with Crippen LogP contribution in [0, 0.1) is 0 Å². The van der Waals surface area contributed by atoms with Crippen molar-refractivity contribution in [2.75, 3.05) is 0 Å². The number of halogens is 3. The summed E-state index contributed by atoms with van der Waals surface area (Å²) in [4.78, 5) is 0. The van der Waals surface area contributed by atoms with Gasteiger partial charge in [-0.2, -0.15) is 0 Å². The van der Waals surface area contributed by atoms with Gasteiger partial charge in [0.25, 0.3) is 0 Å². The summed E-state index contributed by atoms with van der Waals surface area (Å²) in [6.07, 6.45) is -0.316. The summed E-state index contributed by atoms with van der Waals surface area (Å²) >= 11 is 0. The third-order valence-corrected chi connectivity index (χ3v) is 1.51. The van der Waals surface area contributed by atoms with Gasteiger partial charge in [-0.15, -0.1) is 13.2 Å². The molecule has 1 rings (SSSR count). The lowest BCUT2D eigenvalue weighted by Crippen LogP contribution is -2.23. The Morgan fingerprint density at radius 3 is 2.67 bits per heavy atom. The van der Waals surface area contributed by atoms with Gasteiger partial charge in [0.15, 0.2) is 0 Å². The van der Waals surface area contributed by atoms with Crippen LogP contribution in [0.5, 0.6) is 0 Å². The minimum absolute atomic E-state index is 0.315. The predicted octanol–water partition coefficient (Wildman–Crippen LogP) is 2.80. The third kappa shape index (κ3) is 3.09. The highest BCUT2D eigenvalue weighted by Crippen LogP contribution is 2.24. The maximum atomic E-state index is 11.7. The fraction of sp³-hybridized carbons (Fsp3) is 0.500. The molecular formula is C8H9F3O. The SMILES string of the molecule is CC1=CC=CC(OC(F)(F)F)C1. The fourth-order valence-electron chi connectivity index (χ4n) is 1.05. The number of ether oxygens (including phenoxy) is 1. The summed E-state index contributed by atoms with van der Waals surface area (Å²) in [5, 5.41) is 0. The smallest absolute Gasteiger partial charge is 0.284 e. The van der Waals surface area contributed by atoms with Gasteiger partial charge in [-0.1, -0.05) is 23.8 Å². The Morgan fingerprint density at radius 2 is 2.17 bits per heavy atom. The van der Waals surface area contributed by atoms with Crippen molar-refractivity contribution in [2.45, 2.75) is 25.8 Å². The zero-order chi connectivity index (χ0) is 9.19. The molecule has 0 radical (unpaired) electrons. The van der Waals surface area contributed by atoms with Gasteiger partial charge < -0.3 is 0 Å². The number of rotatable bonds is 1. The zero-order valence-corrected chi connectivity index (χ0v) is 6.56. The van der Waals surface area contributed by atoms with Crippen molar-refractivity contribution in [3.8, 4) is 0 Å². The van der Waals surface area contributed by atoms with E-state index in [1.165, 1.54) is 6.08 Å². The quantitative estimate of drug-likeness (QED) is 0.599. The van der Waals surface area contributed by atoms with E-state index < -0.39 is 12.5 Å². The minimum Gasteiger partial charge on any atom is -0.284 e. The van der Waals surface area contributed by atoms with E-state index in [0.29, 0.717) is 6.42 Å². The summed E-state index contributed by atoms with van der Waals surface area (Å²) in [6.45, 7) is 1.77. The average Bonchev–Trinajstić information content (AvgIpc) is 1.82. The van der Waals surface area contributed by atoms with Gasteiger partial charge in [-0.3, -0.25) is 4.74 Å². The average molecular weight is 178 g/mol. The van der Waals surface area contributed by atoms with Crippen LogP contribution in [0.25, 0.3) is 0 Å². The van der Waals surface area contributed by atoms with Gasteiger partial charge in [-0.05, 0) is 13.3 Å². The van der Waals surface area contributed by atoms with Crippen molar-refractivity contribution in [1.82, 2.24) is 0 Å². The van der Waals surface area contributed by atoms with Crippen molar-refractivity contribution in [2.24, 2.45) is 0 Å². The Hall–Kier alpha value is -0.770. The second-order valence-electron chi connectivity index (χ2n) is 2.70. The standard InChI is InChI=1S/C8H9F3O/c1-6-3-2-4-7(5-6)12-8(9,10)11/h2-4,7H,5H2,1H3. The molecular weight excluding hydrogens is 169 g/mol. The van der Waals surface area contributed by atoms with Gasteiger partial charge in [0, 0.05) is 0 Å². The van der Waals surface area contributed by atoms with E-state index in [1.54, 1.807) is 19.1 Å². The molecule has 0 aromatic carbocycles. The molecule has 1 aliphatic rings. The molecule has 1 nitrogen and oxygen atoms in total. The molecule has 0 aliphatic heterocycles. The maximum Gasteiger partial charge on any atom is 0.523 e. The summed E-state index contributed by atoms with van der Waals surface area (Å²) in [7, 11) is 0. The zero-order valence-electron chi connectivity index (χ0n) is 6.56. The van der Waals surface area contributed by atoms with Crippen LogP contribution in [0.2, 0.25) is 0 Å². The van der Waals surface area contributed by atoms with Crippen molar-refractivity contribution in [3.63, 3.8) is 0 Å². The number of alkyl halides is 3. The number of allylic oxidation sites excluding steroid dienone is 2. The number of hydrogen-bond donors (Lipinski definition) is 0. The van der Waals surface area contributed by atoms with Gasteiger partial charge in [0.2, 0.25) is 0 Å². The van der Waals surface area contributed by atoms with Crippen molar-refractivity contribution in [1.29, 1.82) is 0 Å². The lowest BCUT2D eigenvalue weighted by molar-refractivity contribution is -0.336. The molecule has 0 saturated heterocycles. The molecule has 4 heteroatoms. The topological polar surface area (TPSA) is 9.23 Å². The highest BCUT2D eigenvalue weighted by Gasteiger charge is 2.32. The summed E-state index contributed by atoms with van der Waals surface area (Å²) in [6, 6.07) is 0. The van der Waals surface area contributed by atoms with E-state index in [4.69, 9.17) is 0 Å². The molecule has 0 aromatic rings. The first-order valence-corrected chi connectivity index (χ1v) is 3.56. The largest absolute Gasteiger partial charge is 0.523 e. The van der Waals surface area contributed by atoms with E-state index in [2.05, 4.69) is 4.74 Å². The van der Waals surface area contributed by atoms with Crippen LogP contribution >= 0.6 is 0 Å². The van der Waals surface area contributed by atoms with E-state index in [-0.39, 0.29) is 0 Å². The first-order chi connectivity index (χ1) is 5.47. The van der Waals surface area contributed by atoms with Crippen LogP contribution in [0.15, 0.2) is 23.8 Å². The van der Waals surface area contributed by atoms with Gasteiger partial charge in [0.1, 0.15) is 0 Å². The first-order valence-electron chi connectivity index (χ1n) is 3.56. The lowest BCUT2D eigenvalue weighted by Gasteiger charge is -2.18. The number of hydrogen-bond acceptors (Lipinski definition) is 1. The van der Waals surface area contributed by atoms with E-state index in [0.717, 1.165) is 5.57 Å². The molecule has 1 atom stereocenters. The molecule has 12 heavy (non-hydrogen) atoms. The van der Waals surface area contributed by atoms with Gasteiger partial charge >= 0.3 is 6.36 Å². The van der Waals surface area contributed by atoms with Crippen LogP contribution < -0.4 is 0 Å². The van der Waals surface area contributed by atoms with Crippen LogP contribution in [0.3, 0.4) is 0 Å². The molecule has 0 fully saturated rings. The Kier molecular flexibility index (Phi) is 2.57. The van der Waals surface area contributed by atoms with Crippen LogP contribution in [0.4, 0.5) is 13.2 Å². The minimum atomic E-state index is -4.54. The molecule has 0 bridgehead atoms. The molecule has 0 aromatic heterocycles. The van der Waals surface area contributed by atoms with Crippen molar-refractivity contribution in [3.05, 3.63) is 23.8 Å². The molecule has 1 unspecified atom stereocenters. The highest BCUT2D eigenvalue weighted by atomic mass is 19.4. The normalized spacial score (nSPS) is 24.0. The monoisotopic (exact) mass is 178 g/mol. The molecule has 0 spiro atoms. The highest BCUT2D eigenvalue weighted by molar-refractivity contribution is 5.18. The van der Waals surface area contributed by atoms with Gasteiger partial charge in [-0.25, -0.2) is 0 Å². The molecule has 0 saturated carbocycles. The summed E-state index contributed by atoms with van der Waals surface area (Å²) in [5.74, 6) is 0. The summed E-state index contributed by atoms with van der Waals surface area (Å²) in [5.41, 5.74) is 0.895. The predicted molar refractivity (Wildman–Crippen MR) is 38.4 cm³/mol. The lowest BCUT2D eigenvalue weighted by atomic mass is 10.0. The fourth-order valence-corrected chi connectivity index (χ4v) is 1.05. The molecule has 68 valence electrons. The van der Waals surface area contributed by atoms with E-state index >= 15 is 0 Å². The maximum absolute atomic E-state index is 11.7. The Balaban J connectivity index is 2.47. The second kappa shape index (κ2) is 3.31. The van der Waals surface area contributed by atoms with Crippen LogP contribution in [0.1, 0.15) is 13.3 Å². The molecule has 0 N–H and O–H groups in total. The Morgan fingerprint density at radius 1 is 1.50 bits per heavy atom. The Labute approximate surface area is 68.5 Å². The molecule has 1 aliphatic carbocycles. The molecule has 0 amide bonds. The van der Waals surface area contributed by atoms with Crippen LogP contribution in [-0.4, -0.2) is 12.5 Å². The first kappa shape index (κ1) is 9.32. The van der Waals surface area contributed by atoms with E-state index in [1.807, 2.05) is 0 Å². The Bertz CT molecular complexity index is 215. The second-order valence-corrected chi connectivity index (χ2v) is 2.70. The van der Waals surface area contributed by atoms with Crippen LogP contribution in [-0.2, 0) is 4.74 Å². The summed E-state index contributed by atoms with van der Waals surface area (Å²) < 4.78 is 38.9. The van der Waals surface area contributed by atoms with Gasteiger partial charge in [0.05, 0.1) is 6.10 Å². The van der Waals surface area contributed by atoms with Crippen molar-refractivity contribution >= 4 is 0 Å².